The second-order valence-electron chi connectivity index (χ2n) is 4.60. The van der Waals surface area contributed by atoms with Crippen LogP contribution in [0.5, 0.6) is 0 Å². The molecule has 15 heavy (non-hydrogen) atoms. The maximum Gasteiger partial charge on any atom is -0.000813 e. The van der Waals surface area contributed by atoms with Crippen molar-refractivity contribution in [1.29, 1.82) is 0 Å². The number of rotatable bonds is 5. The van der Waals surface area contributed by atoms with Crippen LogP contribution in [0, 0.1) is 12.8 Å². The monoisotopic (exact) mass is 205 g/mol. The molecule has 1 nitrogen and oxygen atoms in total. The Morgan fingerprint density at radius 1 is 1.33 bits per heavy atom. The van der Waals surface area contributed by atoms with Crippen molar-refractivity contribution in [2.75, 3.05) is 6.54 Å². The van der Waals surface area contributed by atoms with Gasteiger partial charge in [0.1, 0.15) is 0 Å². The van der Waals surface area contributed by atoms with Gasteiger partial charge in [0.15, 0.2) is 0 Å². The Kier molecular flexibility index (Phi) is 4.83. The molecule has 0 aliphatic carbocycles. The van der Waals surface area contributed by atoms with E-state index < -0.39 is 0 Å². The minimum absolute atomic E-state index is 0.528. The lowest BCUT2D eigenvalue weighted by molar-refractivity contribution is 0.458. The lowest BCUT2D eigenvalue weighted by Crippen LogP contribution is -2.15. The fourth-order valence-corrected chi connectivity index (χ4v) is 1.94. The third-order valence-corrected chi connectivity index (χ3v) is 3.18. The van der Waals surface area contributed by atoms with Crippen LogP contribution in [0.15, 0.2) is 24.3 Å². The zero-order valence-electron chi connectivity index (χ0n) is 10.2. The van der Waals surface area contributed by atoms with Gasteiger partial charge < -0.3 is 5.73 Å². The lowest BCUT2D eigenvalue weighted by Gasteiger charge is -2.19. The maximum absolute atomic E-state index is 5.86. The first-order valence-corrected chi connectivity index (χ1v) is 5.94. The van der Waals surface area contributed by atoms with E-state index >= 15 is 0 Å². The SMILES string of the molecule is CCC(C)CC(CN)c1cccc(C)c1. The average molecular weight is 205 g/mol. The number of aryl methyl sites for hydroxylation is 1. The van der Waals surface area contributed by atoms with E-state index in [1.54, 1.807) is 0 Å². The Morgan fingerprint density at radius 2 is 2.07 bits per heavy atom. The summed E-state index contributed by atoms with van der Waals surface area (Å²) < 4.78 is 0. The molecule has 0 saturated heterocycles. The summed E-state index contributed by atoms with van der Waals surface area (Å²) in [5.74, 6) is 1.29. The summed E-state index contributed by atoms with van der Waals surface area (Å²) in [5, 5.41) is 0. The molecule has 1 aromatic carbocycles. The van der Waals surface area contributed by atoms with Crippen LogP contribution in [0.25, 0.3) is 0 Å². The summed E-state index contributed by atoms with van der Waals surface area (Å²) in [4.78, 5) is 0. The number of hydrogen-bond donors (Lipinski definition) is 1. The van der Waals surface area contributed by atoms with Gasteiger partial charge in [-0.1, -0.05) is 50.1 Å². The maximum atomic E-state index is 5.86. The molecule has 0 saturated carbocycles. The van der Waals surface area contributed by atoms with Gasteiger partial charge in [-0.3, -0.25) is 0 Å². The fourth-order valence-electron chi connectivity index (χ4n) is 1.94. The zero-order chi connectivity index (χ0) is 11.3. The third kappa shape index (κ3) is 3.67. The largest absolute Gasteiger partial charge is 0.330 e. The van der Waals surface area contributed by atoms with Gasteiger partial charge in [-0.15, -0.1) is 0 Å². The van der Waals surface area contributed by atoms with Crippen molar-refractivity contribution in [1.82, 2.24) is 0 Å². The number of benzene rings is 1. The third-order valence-electron chi connectivity index (χ3n) is 3.18. The topological polar surface area (TPSA) is 26.0 Å². The van der Waals surface area contributed by atoms with Crippen molar-refractivity contribution in [3.05, 3.63) is 35.4 Å². The Hall–Kier alpha value is -0.820. The summed E-state index contributed by atoms with van der Waals surface area (Å²) in [6, 6.07) is 8.73. The molecule has 1 rings (SSSR count). The molecule has 0 aliphatic heterocycles. The molecule has 0 aromatic heterocycles. The Morgan fingerprint density at radius 3 is 2.60 bits per heavy atom. The lowest BCUT2D eigenvalue weighted by atomic mass is 9.88. The van der Waals surface area contributed by atoms with Gasteiger partial charge in [-0.2, -0.15) is 0 Å². The van der Waals surface area contributed by atoms with Crippen LogP contribution < -0.4 is 5.73 Å². The molecule has 0 aliphatic rings. The van der Waals surface area contributed by atoms with E-state index in [0.717, 1.165) is 12.5 Å². The smallest absolute Gasteiger partial charge is 0.000813 e. The highest BCUT2D eigenvalue weighted by atomic mass is 14.5. The van der Waals surface area contributed by atoms with E-state index in [9.17, 15) is 0 Å². The number of nitrogens with two attached hydrogens (primary N) is 1. The van der Waals surface area contributed by atoms with Gasteiger partial charge in [0.2, 0.25) is 0 Å². The minimum Gasteiger partial charge on any atom is -0.330 e. The van der Waals surface area contributed by atoms with Crippen LogP contribution in [-0.2, 0) is 0 Å². The van der Waals surface area contributed by atoms with Crippen molar-refractivity contribution >= 4 is 0 Å². The van der Waals surface area contributed by atoms with Crippen LogP contribution in [0.3, 0.4) is 0 Å². The molecule has 84 valence electrons. The van der Waals surface area contributed by atoms with Gasteiger partial charge in [-0.25, -0.2) is 0 Å². The molecule has 2 unspecified atom stereocenters. The standard InChI is InChI=1S/C14H23N/c1-4-11(2)8-14(10-15)13-7-5-6-12(3)9-13/h5-7,9,11,14H,4,8,10,15H2,1-3H3. The van der Waals surface area contributed by atoms with Crippen molar-refractivity contribution in [3.8, 4) is 0 Å². The normalized spacial score (nSPS) is 14.9. The second kappa shape index (κ2) is 5.92. The van der Waals surface area contributed by atoms with Crippen LogP contribution >= 0.6 is 0 Å². The van der Waals surface area contributed by atoms with Crippen molar-refractivity contribution in [2.45, 2.75) is 39.5 Å². The van der Waals surface area contributed by atoms with E-state index in [0.29, 0.717) is 5.92 Å². The molecular formula is C14H23N. The molecule has 0 amide bonds. The summed E-state index contributed by atoms with van der Waals surface area (Å²) in [7, 11) is 0. The van der Waals surface area contributed by atoms with Crippen LogP contribution in [-0.4, -0.2) is 6.54 Å². The van der Waals surface area contributed by atoms with Crippen LogP contribution in [0.1, 0.15) is 43.7 Å². The van der Waals surface area contributed by atoms with Crippen molar-refractivity contribution in [3.63, 3.8) is 0 Å². The van der Waals surface area contributed by atoms with Gasteiger partial charge in [0.05, 0.1) is 0 Å². The van der Waals surface area contributed by atoms with E-state index in [1.807, 2.05) is 0 Å². The molecule has 0 bridgehead atoms. The Balaban J connectivity index is 2.73. The minimum atomic E-state index is 0.528. The Labute approximate surface area is 93.7 Å². The Bertz CT molecular complexity index is 293. The summed E-state index contributed by atoms with van der Waals surface area (Å²) in [6.07, 6.45) is 2.44. The molecule has 2 atom stereocenters. The zero-order valence-corrected chi connectivity index (χ0v) is 10.2. The molecule has 1 aromatic rings. The van der Waals surface area contributed by atoms with Crippen molar-refractivity contribution in [2.24, 2.45) is 11.7 Å². The quantitative estimate of drug-likeness (QED) is 0.782. The second-order valence-corrected chi connectivity index (χ2v) is 4.60. The first kappa shape index (κ1) is 12.3. The molecule has 0 radical (unpaired) electrons. The average Bonchev–Trinajstić information content (AvgIpc) is 2.25. The van der Waals surface area contributed by atoms with E-state index in [1.165, 1.54) is 24.0 Å². The van der Waals surface area contributed by atoms with Gasteiger partial charge in [-0.05, 0) is 37.3 Å². The molecule has 0 fully saturated rings. The van der Waals surface area contributed by atoms with Crippen molar-refractivity contribution < 1.29 is 0 Å². The molecule has 0 spiro atoms. The highest BCUT2D eigenvalue weighted by Crippen LogP contribution is 2.24. The highest BCUT2D eigenvalue weighted by Gasteiger charge is 2.12. The fraction of sp³-hybridized carbons (Fsp3) is 0.571. The van der Waals surface area contributed by atoms with Crippen LogP contribution in [0.2, 0.25) is 0 Å². The van der Waals surface area contributed by atoms with E-state index in [2.05, 4.69) is 45.0 Å². The molecule has 2 N–H and O–H groups in total. The molecular weight excluding hydrogens is 182 g/mol. The number of hydrogen-bond acceptors (Lipinski definition) is 1. The molecule has 0 heterocycles. The first-order chi connectivity index (χ1) is 7.17. The summed E-state index contributed by atoms with van der Waals surface area (Å²) in [5.41, 5.74) is 8.59. The first-order valence-electron chi connectivity index (χ1n) is 5.94. The van der Waals surface area contributed by atoms with E-state index in [-0.39, 0.29) is 0 Å². The van der Waals surface area contributed by atoms with Gasteiger partial charge in [0, 0.05) is 0 Å². The summed E-state index contributed by atoms with van der Waals surface area (Å²) in [6.45, 7) is 7.45. The van der Waals surface area contributed by atoms with Gasteiger partial charge in [0.25, 0.3) is 0 Å². The summed E-state index contributed by atoms with van der Waals surface area (Å²) >= 11 is 0. The predicted octanol–water partition coefficient (Wildman–Crippen LogP) is 3.47. The van der Waals surface area contributed by atoms with Gasteiger partial charge >= 0.3 is 0 Å². The van der Waals surface area contributed by atoms with Crippen LogP contribution in [0.4, 0.5) is 0 Å². The predicted molar refractivity (Wildman–Crippen MR) is 67.0 cm³/mol. The molecule has 1 heteroatoms. The van der Waals surface area contributed by atoms with E-state index in [4.69, 9.17) is 5.73 Å². The highest BCUT2D eigenvalue weighted by molar-refractivity contribution is 5.25.